The average Bonchev–Trinajstić information content (AvgIpc) is 3.24. The van der Waals surface area contributed by atoms with E-state index in [1.54, 1.807) is 23.9 Å². The van der Waals surface area contributed by atoms with Gasteiger partial charge in [-0.2, -0.15) is 0 Å². The average molecular weight is 406 g/mol. The Morgan fingerprint density at radius 1 is 1.32 bits per heavy atom. The third-order valence-electron chi connectivity index (χ3n) is 5.37. The third-order valence-corrected chi connectivity index (χ3v) is 6.44. The molecule has 0 unspecified atom stereocenters. The predicted octanol–water partition coefficient (Wildman–Crippen LogP) is 5.45. The largest absolute Gasteiger partial charge is 0.371 e. The summed E-state index contributed by atoms with van der Waals surface area (Å²) in [6.45, 7) is 10.3. The number of nitro groups is 1. The van der Waals surface area contributed by atoms with Gasteiger partial charge >= 0.3 is 0 Å². The minimum atomic E-state index is -0.360. The summed E-state index contributed by atoms with van der Waals surface area (Å²) < 4.78 is 6.29. The van der Waals surface area contributed by atoms with Crippen molar-refractivity contribution in [3.63, 3.8) is 0 Å². The van der Waals surface area contributed by atoms with Crippen molar-refractivity contribution >= 4 is 28.3 Å². The fourth-order valence-corrected chi connectivity index (χ4v) is 5.48. The van der Waals surface area contributed by atoms with Gasteiger partial charge in [-0.05, 0) is 59.1 Å². The zero-order valence-corrected chi connectivity index (χ0v) is 18.3. The second-order valence-electron chi connectivity index (χ2n) is 8.78. The number of non-ortho nitro benzene ring substituents is 1. The molecule has 2 aliphatic rings. The Bertz CT molecular complexity index is 754. The molecule has 1 aromatic carbocycles. The minimum Gasteiger partial charge on any atom is -0.371 e. The Labute approximate surface area is 171 Å². The fraction of sp³-hybridized carbons (Fsp3) is 0.667. The maximum absolute atomic E-state index is 11.0. The summed E-state index contributed by atoms with van der Waals surface area (Å²) >= 11 is 1.78. The minimum absolute atomic E-state index is 0.109. The molecule has 1 heterocycles. The molecule has 3 rings (SSSR count). The summed E-state index contributed by atoms with van der Waals surface area (Å²) in [4.78, 5) is 18.1. The summed E-state index contributed by atoms with van der Waals surface area (Å²) in [6.07, 6.45) is 5.02. The van der Waals surface area contributed by atoms with E-state index in [-0.39, 0.29) is 22.3 Å². The number of nitro benzene ring substituents is 1. The van der Waals surface area contributed by atoms with Crippen molar-refractivity contribution in [1.82, 2.24) is 4.90 Å². The highest BCUT2D eigenvalue weighted by Crippen LogP contribution is 2.38. The molecule has 2 fully saturated rings. The summed E-state index contributed by atoms with van der Waals surface area (Å²) in [5.41, 5.74) is 1.57. The van der Waals surface area contributed by atoms with Gasteiger partial charge in [0.15, 0.2) is 5.17 Å². The first-order chi connectivity index (χ1) is 13.2. The van der Waals surface area contributed by atoms with Gasteiger partial charge < -0.3 is 9.64 Å². The Balaban J connectivity index is 1.89. The molecule has 0 spiro atoms. The van der Waals surface area contributed by atoms with E-state index in [2.05, 4.69) is 32.6 Å². The molecule has 0 aromatic heterocycles. The van der Waals surface area contributed by atoms with Gasteiger partial charge in [0, 0.05) is 23.9 Å². The topological polar surface area (TPSA) is 68.0 Å². The van der Waals surface area contributed by atoms with Gasteiger partial charge in [0.05, 0.1) is 28.4 Å². The summed E-state index contributed by atoms with van der Waals surface area (Å²) in [5, 5.41) is 12.0. The van der Waals surface area contributed by atoms with Crippen molar-refractivity contribution in [2.24, 2.45) is 4.99 Å². The fourth-order valence-electron chi connectivity index (χ4n) is 4.14. The number of hydrogen-bond acceptors (Lipinski definition) is 5. The second-order valence-corrected chi connectivity index (χ2v) is 9.77. The van der Waals surface area contributed by atoms with Gasteiger partial charge in [-0.3, -0.25) is 10.1 Å². The van der Waals surface area contributed by atoms with Gasteiger partial charge in [-0.15, -0.1) is 0 Å². The number of nitrogens with zero attached hydrogens (tertiary/aromatic N) is 3. The molecular weight excluding hydrogens is 374 g/mol. The van der Waals surface area contributed by atoms with Crippen LogP contribution in [0.2, 0.25) is 0 Å². The number of ether oxygens (including phenoxy) is 1. The Morgan fingerprint density at radius 2 is 2.00 bits per heavy atom. The Hall–Kier alpha value is -1.60. The standard InChI is InChI=1S/C21H31N3O3S/c1-14-12-17(24(25)26)10-11-18(14)22-20-23(16-8-6-7-9-16)19(13-28-20)15(2)27-21(3,4)5/h10-12,15-16,19H,6-9,13H2,1-5H3/t15-,19+/m1/s1. The zero-order valence-electron chi connectivity index (χ0n) is 17.5. The van der Waals surface area contributed by atoms with Crippen molar-refractivity contribution in [2.75, 3.05) is 5.75 Å². The number of amidine groups is 1. The van der Waals surface area contributed by atoms with Crippen molar-refractivity contribution in [3.8, 4) is 0 Å². The first kappa shape index (κ1) is 21.1. The molecule has 1 aliphatic heterocycles. The van der Waals surface area contributed by atoms with Crippen molar-refractivity contribution in [2.45, 2.75) is 84.1 Å². The molecule has 1 aromatic rings. The Kier molecular flexibility index (Phi) is 6.34. The molecule has 154 valence electrons. The number of benzene rings is 1. The predicted molar refractivity (Wildman–Crippen MR) is 116 cm³/mol. The SMILES string of the molecule is Cc1cc([N+](=O)[O-])ccc1N=C1SC[C@@H]([C@@H](C)OC(C)(C)C)N1C1CCCC1. The third kappa shape index (κ3) is 4.87. The van der Waals surface area contributed by atoms with Crippen LogP contribution >= 0.6 is 11.8 Å². The van der Waals surface area contributed by atoms with E-state index in [1.807, 2.05) is 6.92 Å². The van der Waals surface area contributed by atoms with E-state index in [9.17, 15) is 10.1 Å². The van der Waals surface area contributed by atoms with Gasteiger partial charge in [-0.1, -0.05) is 24.6 Å². The van der Waals surface area contributed by atoms with Crippen LogP contribution in [0.3, 0.4) is 0 Å². The van der Waals surface area contributed by atoms with Crippen molar-refractivity contribution in [1.29, 1.82) is 0 Å². The van der Waals surface area contributed by atoms with Gasteiger partial charge in [-0.25, -0.2) is 4.99 Å². The highest BCUT2D eigenvalue weighted by Gasteiger charge is 2.40. The lowest BCUT2D eigenvalue weighted by Gasteiger charge is -2.37. The second kappa shape index (κ2) is 8.41. The molecule has 1 saturated carbocycles. The van der Waals surface area contributed by atoms with E-state index in [0.29, 0.717) is 12.1 Å². The number of thioether (sulfide) groups is 1. The first-order valence-corrected chi connectivity index (χ1v) is 11.1. The van der Waals surface area contributed by atoms with Crippen LogP contribution in [0, 0.1) is 17.0 Å². The number of hydrogen-bond donors (Lipinski definition) is 0. The molecule has 0 bridgehead atoms. The van der Waals surface area contributed by atoms with Gasteiger partial charge in [0.1, 0.15) is 0 Å². The molecule has 0 N–H and O–H groups in total. The smallest absolute Gasteiger partial charge is 0.269 e. The van der Waals surface area contributed by atoms with Crippen molar-refractivity contribution in [3.05, 3.63) is 33.9 Å². The van der Waals surface area contributed by atoms with Gasteiger partial charge in [0.25, 0.3) is 5.69 Å². The van der Waals surface area contributed by atoms with Crippen LogP contribution in [0.25, 0.3) is 0 Å². The number of aryl methyl sites for hydroxylation is 1. The lowest BCUT2D eigenvalue weighted by molar-refractivity contribution is -0.384. The molecule has 0 amide bonds. The summed E-state index contributed by atoms with van der Waals surface area (Å²) in [7, 11) is 0. The maximum atomic E-state index is 11.0. The molecule has 6 nitrogen and oxygen atoms in total. The lowest BCUT2D eigenvalue weighted by atomic mass is 10.1. The molecule has 7 heteroatoms. The van der Waals surface area contributed by atoms with E-state index in [4.69, 9.17) is 9.73 Å². The van der Waals surface area contributed by atoms with Gasteiger partial charge in [0.2, 0.25) is 0 Å². The molecular formula is C21H31N3O3S. The van der Waals surface area contributed by atoms with E-state index < -0.39 is 0 Å². The molecule has 1 aliphatic carbocycles. The highest BCUT2D eigenvalue weighted by molar-refractivity contribution is 8.14. The molecule has 1 saturated heterocycles. The lowest BCUT2D eigenvalue weighted by Crippen LogP contribution is -2.48. The van der Waals surface area contributed by atoms with E-state index >= 15 is 0 Å². The molecule has 0 radical (unpaired) electrons. The van der Waals surface area contributed by atoms with Crippen LogP contribution in [-0.2, 0) is 4.74 Å². The van der Waals surface area contributed by atoms with Crippen LogP contribution in [0.4, 0.5) is 11.4 Å². The van der Waals surface area contributed by atoms with Crippen LogP contribution < -0.4 is 0 Å². The zero-order chi connectivity index (χ0) is 20.5. The summed E-state index contributed by atoms with van der Waals surface area (Å²) in [6, 6.07) is 5.69. The van der Waals surface area contributed by atoms with Crippen LogP contribution in [0.15, 0.2) is 23.2 Å². The summed E-state index contributed by atoms with van der Waals surface area (Å²) in [5.74, 6) is 0.957. The van der Waals surface area contributed by atoms with E-state index in [0.717, 1.165) is 22.2 Å². The van der Waals surface area contributed by atoms with Crippen LogP contribution in [-0.4, -0.2) is 44.5 Å². The maximum Gasteiger partial charge on any atom is 0.269 e. The van der Waals surface area contributed by atoms with Crippen molar-refractivity contribution < 1.29 is 9.66 Å². The highest BCUT2D eigenvalue weighted by atomic mass is 32.2. The molecule has 2 atom stereocenters. The monoisotopic (exact) mass is 405 g/mol. The van der Waals surface area contributed by atoms with Crippen LogP contribution in [0.5, 0.6) is 0 Å². The van der Waals surface area contributed by atoms with E-state index in [1.165, 1.54) is 31.7 Å². The Morgan fingerprint density at radius 3 is 2.57 bits per heavy atom. The quantitative estimate of drug-likeness (QED) is 0.481. The van der Waals surface area contributed by atoms with Crippen LogP contribution in [0.1, 0.15) is 58.9 Å². The number of aliphatic imine (C=N–C) groups is 1. The molecule has 28 heavy (non-hydrogen) atoms. The first-order valence-electron chi connectivity index (χ1n) is 10.1. The normalized spacial score (nSPS) is 23.5. The number of rotatable bonds is 5.